The van der Waals surface area contributed by atoms with E-state index >= 15 is 0 Å². The summed E-state index contributed by atoms with van der Waals surface area (Å²) in [6.07, 6.45) is 0.985. The molecule has 1 aromatic heterocycles. The van der Waals surface area contributed by atoms with Crippen LogP contribution in [-0.4, -0.2) is 42.6 Å². The summed E-state index contributed by atoms with van der Waals surface area (Å²) in [6, 6.07) is 0.705. The van der Waals surface area contributed by atoms with Gasteiger partial charge in [0.25, 0.3) is 11.8 Å². The number of anilines is 1. The highest BCUT2D eigenvalue weighted by atomic mass is 32.1. The lowest BCUT2D eigenvalue weighted by Gasteiger charge is -2.12. The topological polar surface area (TPSA) is 105 Å². The molecule has 0 saturated carbocycles. The molecule has 1 atom stereocenters. The Morgan fingerprint density at radius 1 is 1.36 bits per heavy atom. The molecule has 7 nitrogen and oxygen atoms in total. The number of carbonyl (C=O) groups is 3. The van der Waals surface area contributed by atoms with E-state index < -0.39 is 17.9 Å². The molecule has 1 rings (SSSR count). The van der Waals surface area contributed by atoms with Crippen LogP contribution in [0.4, 0.5) is 5.00 Å². The molecule has 2 amide bonds. The Balaban J connectivity index is 2.96. The van der Waals surface area contributed by atoms with Crippen molar-refractivity contribution >= 4 is 34.1 Å². The van der Waals surface area contributed by atoms with Gasteiger partial charge in [0.05, 0.1) is 5.56 Å². The van der Waals surface area contributed by atoms with Gasteiger partial charge in [-0.25, -0.2) is 4.79 Å². The monoisotopic (exact) mass is 328 g/mol. The van der Waals surface area contributed by atoms with Gasteiger partial charge in [-0.2, -0.15) is 0 Å². The number of carboxylic acids is 1. The lowest BCUT2D eigenvalue weighted by molar-refractivity contribution is -0.139. The van der Waals surface area contributed by atoms with Crippen LogP contribution in [0.3, 0.4) is 0 Å². The Labute approximate surface area is 132 Å². The van der Waals surface area contributed by atoms with Crippen molar-refractivity contribution in [2.24, 2.45) is 0 Å². The summed E-state index contributed by atoms with van der Waals surface area (Å²) in [5.74, 6) is -1.98. The summed E-state index contributed by atoms with van der Waals surface area (Å²) in [5, 5.41) is 14.5. The van der Waals surface area contributed by atoms with Crippen LogP contribution in [-0.2, 0) is 20.7 Å². The maximum absolute atomic E-state index is 12.3. The van der Waals surface area contributed by atoms with Crippen molar-refractivity contribution in [3.63, 3.8) is 0 Å². The number of nitrogens with one attached hydrogen (secondary N) is 2. The number of rotatable bonds is 8. The fourth-order valence-electron chi connectivity index (χ4n) is 1.75. The molecular formula is C14H20N2O5S. The zero-order valence-corrected chi connectivity index (χ0v) is 13.6. The van der Waals surface area contributed by atoms with Crippen LogP contribution in [0.5, 0.6) is 0 Å². The van der Waals surface area contributed by atoms with Gasteiger partial charge in [-0.1, -0.05) is 13.8 Å². The van der Waals surface area contributed by atoms with Crippen LogP contribution in [0.2, 0.25) is 0 Å². The van der Waals surface area contributed by atoms with Gasteiger partial charge in [0, 0.05) is 12.0 Å². The molecule has 1 unspecified atom stereocenters. The van der Waals surface area contributed by atoms with Gasteiger partial charge in [0.15, 0.2) is 0 Å². The quantitative estimate of drug-likeness (QED) is 0.670. The molecule has 0 aliphatic carbocycles. The first-order chi connectivity index (χ1) is 10.4. The molecule has 122 valence electrons. The molecule has 1 heterocycles. The molecule has 22 heavy (non-hydrogen) atoms. The Kier molecular flexibility index (Phi) is 7.00. The molecule has 0 bridgehead atoms. The van der Waals surface area contributed by atoms with Crippen molar-refractivity contribution in [1.82, 2.24) is 5.32 Å². The first-order valence-corrected chi connectivity index (χ1v) is 7.69. The summed E-state index contributed by atoms with van der Waals surface area (Å²) >= 11 is 1.29. The number of hydrogen-bond acceptors (Lipinski definition) is 5. The van der Waals surface area contributed by atoms with E-state index in [0.29, 0.717) is 11.4 Å². The van der Waals surface area contributed by atoms with Crippen molar-refractivity contribution < 1.29 is 24.2 Å². The number of aliphatic carboxylic acids is 1. The van der Waals surface area contributed by atoms with Crippen LogP contribution in [0.25, 0.3) is 0 Å². The maximum Gasteiger partial charge on any atom is 0.326 e. The van der Waals surface area contributed by atoms with E-state index in [1.807, 2.05) is 6.92 Å². The highest BCUT2D eigenvalue weighted by Gasteiger charge is 2.22. The lowest BCUT2D eigenvalue weighted by atomic mass is 10.2. The minimum atomic E-state index is -1.09. The third-order valence-corrected chi connectivity index (χ3v) is 4.11. The lowest BCUT2D eigenvalue weighted by Crippen LogP contribution is -2.40. The van der Waals surface area contributed by atoms with Gasteiger partial charge in [0.2, 0.25) is 0 Å². The zero-order valence-electron chi connectivity index (χ0n) is 12.8. The summed E-state index contributed by atoms with van der Waals surface area (Å²) in [7, 11) is 1.40. The maximum atomic E-state index is 12.3. The normalized spacial score (nSPS) is 11.8. The SMILES string of the molecule is CCc1cc(C(=O)NC(CC)C(=O)O)c(NC(=O)COC)s1. The van der Waals surface area contributed by atoms with Crippen LogP contribution in [0.1, 0.15) is 35.5 Å². The number of thiophene rings is 1. The number of carboxylic acid groups (broad SMARTS) is 1. The van der Waals surface area contributed by atoms with Crippen molar-refractivity contribution in [1.29, 1.82) is 0 Å². The Morgan fingerprint density at radius 2 is 2.05 bits per heavy atom. The minimum absolute atomic E-state index is 0.118. The Hall–Kier alpha value is -1.93. The smallest absolute Gasteiger partial charge is 0.326 e. The first-order valence-electron chi connectivity index (χ1n) is 6.88. The molecule has 0 radical (unpaired) electrons. The van der Waals surface area contributed by atoms with E-state index in [2.05, 4.69) is 10.6 Å². The fraction of sp³-hybridized carbons (Fsp3) is 0.500. The average molecular weight is 328 g/mol. The summed E-state index contributed by atoms with van der Waals surface area (Å²) in [5.41, 5.74) is 0.269. The molecule has 0 aliphatic heterocycles. The van der Waals surface area contributed by atoms with E-state index in [0.717, 1.165) is 4.88 Å². The van der Waals surface area contributed by atoms with E-state index in [1.165, 1.54) is 18.4 Å². The van der Waals surface area contributed by atoms with E-state index in [9.17, 15) is 14.4 Å². The number of amides is 2. The van der Waals surface area contributed by atoms with Crippen LogP contribution in [0.15, 0.2) is 6.07 Å². The third kappa shape index (κ3) is 4.81. The standard InChI is InChI=1S/C14H20N2O5S/c1-4-8-6-9(12(18)15-10(5-2)14(19)20)13(22-8)16-11(17)7-21-3/h6,10H,4-5,7H2,1-3H3,(H,15,18)(H,16,17)(H,19,20). The molecule has 1 aromatic rings. The molecule has 8 heteroatoms. The van der Waals surface area contributed by atoms with Gasteiger partial charge >= 0.3 is 5.97 Å². The van der Waals surface area contributed by atoms with Gasteiger partial charge < -0.3 is 20.5 Å². The second kappa shape index (κ2) is 8.50. The highest BCUT2D eigenvalue weighted by Crippen LogP contribution is 2.28. The number of carbonyl (C=O) groups excluding carboxylic acids is 2. The molecule has 0 fully saturated rings. The van der Waals surface area contributed by atoms with E-state index in [-0.39, 0.29) is 24.5 Å². The van der Waals surface area contributed by atoms with Crippen LogP contribution < -0.4 is 10.6 Å². The molecule has 0 aromatic carbocycles. The van der Waals surface area contributed by atoms with Gasteiger partial charge in [-0.15, -0.1) is 11.3 Å². The molecule has 0 spiro atoms. The minimum Gasteiger partial charge on any atom is -0.480 e. The van der Waals surface area contributed by atoms with E-state index in [1.54, 1.807) is 13.0 Å². The third-order valence-electron chi connectivity index (χ3n) is 2.92. The van der Waals surface area contributed by atoms with E-state index in [4.69, 9.17) is 9.84 Å². The first kappa shape index (κ1) is 18.1. The number of ether oxygens (including phenoxy) is 1. The average Bonchev–Trinajstić information content (AvgIpc) is 2.87. The van der Waals surface area contributed by atoms with Crippen molar-refractivity contribution in [3.8, 4) is 0 Å². The van der Waals surface area contributed by atoms with Crippen molar-refractivity contribution in [2.45, 2.75) is 32.7 Å². The van der Waals surface area contributed by atoms with Gasteiger partial charge in [0.1, 0.15) is 17.6 Å². The van der Waals surface area contributed by atoms with Gasteiger partial charge in [-0.05, 0) is 18.9 Å². The summed E-state index contributed by atoms with van der Waals surface area (Å²) in [6.45, 7) is 3.49. The highest BCUT2D eigenvalue weighted by molar-refractivity contribution is 7.16. The van der Waals surface area contributed by atoms with Crippen molar-refractivity contribution in [2.75, 3.05) is 19.0 Å². The molecule has 0 aliphatic rings. The van der Waals surface area contributed by atoms with Crippen molar-refractivity contribution in [3.05, 3.63) is 16.5 Å². The Morgan fingerprint density at radius 3 is 2.55 bits per heavy atom. The largest absolute Gasteiger partial charge is 0.480 e. The van der Waals surface area contributed by atoms with Crippen LogP contribution >= 0.6 is 11.3 Å². The number of hydrogen-bond donors (Lipinski definition) is 3. The predicted octanol–water partition coefficient (Wildman–Crippen LogP) is 1.49. The zero-order chi connectivity index (χ0) is 16.7. The predicted molar refractivity (Wildman–Crippen MR) is 83.4 cm³/mol. The van der Waals surface area contributed by atoms with Gasteiger partial charge in [-0.3, -0.25) is 9.59 Å². The second-order valence-corrected chi connectivity index (χ2v) is 5.70. The number of methoxy groups -OCH3 is 1. The second-order valence-electron chi connectivity index (χ2n) is 4.56. The fourth-order valence-corrected chi connectivity index (χ4v) is 2.76. The molecule has 3 N–H and O–H groups in total. The molecular weight excluding hydrogens is 308 g/mol. The Bertz CT molecular complexity index is 555. The molecule has 0 saturated heterocycles. The van der Waals surface area contributed by atoms with Crippen LogP contribution in [0, 0.1) is 0 Å². The number of aryl methyl sites for hydroxylation is 1. The summed E-state index contributed by atoms with van der Waals surface area (Å²) in [4.78, 5) is 35.8. The summed E-state index contributed by atoms with van der Waals surface area (Å²) < 4.78 is 4.74.